The lowest BCUT2D eigenvalue weighted by Gasteiger charge is -2.40. The van der Waals surface area contributed by atoms with Gasteiger partial charge in [-0.25, -0.2) is 13.8 Å². The van der Waals surface area contributed by atoms with Crippen LogP contribution in [0.2, 0.25) is 4.34 Å². The lowest BCUT2D eigenvalue weighted by atomic mass is 9.98. The van der Waals surface area contributed by atoms with Crippen molar-refractivity contribution in [3.8, 4) is 10.4 Å². The smallest absolute Gasteiger partial charge is 0.344 e. The zero-order chi connectivity index (χ0) is 23.6. The summed E-state index contributed by atoms with van der Waals surface area (Å²) in [6.45, 7) is 0.543. The first kappa shape index (κ1) is 24.7. The number of alkyl halides is 5. The monoisotopic (exact) mass is 507 g/mol. The first-order chi connectivity index (χ1) is 15.6. The van der Waals surface area contributed by atoms with E-state index in [0.29, 0.717) is 18.9 Å². The van der Waals surface area contributed by atoms with Crippen molar-refractivity contribution in [1.82, 2.24) is 10.3 Å². The Balaban J connectivity index is 0.000000219. The van der Waals surface area contributed by atoms with E-state index in [9.17, 15) is 22.0 Å². The van der Waals surface area contributed by atoms with Crippen molar-refractivity contribution in [3.63, 3.8) is 0 Å². The van der Waals surface area contributed by atoms with Crippen LogP contribution in [0.4, 0.5) is 27.8 Å². The Bertz CT molecular complexity index is 948. The molecular formula is C23H27ClF5N3S. The molecule has 0 spiro atoms. The van der Waals surface area contributed by atoms with E-state index >= 15 is 0 Å². The van der Waals surface area contributed by atoms with Crippen LogP contribution in [0.15, 0.2) is 18.2 Å². The number of nitrogens with zero attached hydrogens (tertiary/aromatic N) is 2. The average molecular weight is 508 g/mol. The maximum Gasteiger partial charge on any atom is 0.391 e. The van der Waals surface area contributed by atoms with Crippen LogP contribution in [-0.4, -0.2) is 43.3 Å². The Kier molecular flexibility index (Phi) is 7.50. The number of hydrogen-bond donors (Lipinski definition) is 1. The molecule has 0 radical (unpaired) electrons. The van der Waals surface area contributed by atoms with Crippen molar-refractivity contribution in [2.45, 2.75) is 57.0 Å². The van der Waals surface area contributed by atoms with Gasteiger partial charge in [-0.2, -0.15) is 13.2 Å². The highest BCUT2D eigenvalue weighted by Gasteiger charge is 2.45. The molecule has 2 aliphatic heterocycles. The number of nitrogens with one attached hydrogen (secondary N) is 1. The highest BCUT2D eigenvalue weighted by atomic mass is 35.5. The number of fused-ring (bicyclic) bond motifs is 1. The van der Waals surface area contributed by atoms with Gasteiger partial charge in [0.1, 0.15) is 5.82 Å². The molecule has 10 heteroatoms. The predicted octanol–water partition coefficient (Wildman–Crippen LogP) is 6.74. The first-order valence-electron chi connectivity index (χ1n) is 11.3. The molecule has 33 heavy (non-hydrogen) atoms. The number of halogens is 6. The van der Waals surface area contributed by atoms with Crippen LogP contribution in [0.5, 0.6) is 0 Å². The molecule has 0 bridgehead atoms. The van der Waals surface area contributed by atoms with E-state index in [4.69, 9.17) is 16.6 Å². The van der Waals surface area contributed by atoms with Gasteiger partial charge in [-0.3, -0.25) is 0 Å². The van der Waals surface area contributed by atoms with Crippen LogP contribution in [-0.2, 0) is 12.8 Å². The average Bonchev–Trinajstić information content (AvgIpc) is 3.04. The second-order valence-electron chi connectivity index (χ2n) is 8.90. The number of thiophene rings is 1. The van der Waals surface area contributed by atoms with Gasteiger partial charge >= 0.3 is 6.18 Å². The third-order valence-corrected chi connectivity index (χ3v) is 7.61. The summed E-state index contributed by atoms with van der Waals surface area (Å²) in [7, 11) is 0. The van der Waals surface area contributed by atoms with Gasteiger partial charge in [-0.15, -0.1) is 11.3 Å². The van der Waals surface area contributed by atoms with Gasteiger partial charge in [0.15, 0.2) is 0 Å². The quantitative estimate of drug-likeness (QED) is 0.360. The van der Waals surface area contributed by atoms with Gasteiger partial charge in [-0.1, -0.05) is 18.0 Å². The lowest BCUT2D eigenvalue weighted by molar-refractivity contribution is -0.180. The fourth-order valence-electron chi connectivity index (χ4n) is 4.53. The van der Waals surface area contributed by atoms with E-state index in [2.05, 4.69) is 5.32 Å². The summed E-state index contributed by atoms with van der Waals surface area (Å²) in [6, 6.07) is 5.88. The molecule has 0 atom stereocenters. The largest absolute Gasteiger partial charge is 0.391 e. The fourth-order valence-corrected chi connectivity index (χ4v) is 5.62. The summed E-state index contributed by atoms with van der Waals surface area (Å²) in [4.78, 5) is 7.49. The summed E-state index contributed by atoms with van der Waals surface area (Å²) in [6.07, 6.45) is 1.91. The van der Waals surface area contributed by atoms with E-state index in [0.717, 1.165) is 46.2 Å². The number of aromatic nitrogens is 1. The molecule has 2 aromatic rings. The van der Waals surface area contributed by atoms with Gasteiger partial charge in [-0.05, 0) is 75.4 Å². The predicted molar refractivity (Wildman–Crippen MR) is 123 cm³/mol. The highest BCUT2D eigenvalue weighted by molar-refractivity contribution is 7.19. The number of hydrogen-bond acceptors (Lipinski definition) is 4. The third-order valence-electron chi connectivity index (χ3n) is 6.35. The van der Waals surface area contributed by atoms with Crippen molar-refractivity contribution in [3.05, 3.63) is 33.8 Å². The summed E-state index contributed by atoms with van der Waals surface area (Å²) in [5.74, 6) is -2.97. The molecule has 0 aromatic carbocycles. The minimum absolute atomic E-state index is 0.233. The number of rotatable bonds is 2. The zero-order valence-electron chi connectivity index (χ0n) is 18.2. The van der Waals surface area contributed by atoms with E-state index in [1.807, 2.05) is 18.2 Å². The summed E-state index contributed by atoms with van der Waals surface area (Å²) in [5, 5.41) is 2.89. The van der Waals surface area contributed by atoms with E-state index in [1.165, 1.54) is 23.3 Å². The van der Waals surface area contributed by atoms with Gasteiger partial charge in [0.05, 0.1) is 23.3 Å². The normalized spacial score (nSPS) is 20.8. The van der Waals surface area contributed by atoms with Crippen molar-refractivity contribution in [2.75, 3.05) is 31.1 Å². The number of anilines is 1. The Morgan fingerprint density at radius 3 is 2.33 bits per heavy atom. The zero-order valence-corrected chi connectivity index (χ0v) is 19.7. The first-order valence-corrected chi connectivity index (χ1v) is 12.5. The molecule has 182 valence electrons. The van der Waals surface area contributed by atoms with Crippen molar-refractivity contribution in [1.29, 1.82) is 0 Å². The standard InChI is InChI=1S/C17H17ClF2N2S.C6H10F3N/c18-15-7-6-14(23-15)12-8-16(22-9-17(19,20)10-22)21-13-5-3-1-2-4-11(12)13;7-6(8,9)5-1-3-10-4-2-5/h6-8H,1-5,9-10H2;5,10H,1-4H2. The number of pyridine rings is 1. The molecular weight excluding hydrogens is 481 g/mol. The molecule has 5 rings (SSSR count). The molecule has 3 nitrogen and oxygen atoms in total. The second-order valence-corrected chi connectivity index (χ2v) is 10.6. The van der Waals surface area contributed by atoms with Gasteiger partial charge < -0.3 is 10.2 Å². The molecule has 2 fully saturated rings. The Morgan fingerprint density at radius 2 is 1.76 bits per heavy atom. The van der Waals surface area contributed by atoms with Crippen LogP contribution in [0.25, 0.3) is 10.4 Å². The molecule has 2 aromatic heterocycles. The summed E-state index contributed by atoms with van der Waals surface area (Å²) in [5.41, 5.74) is 3.48. The van der Waals surface area contributed by atoms with Crippen LogP contribution in [0.3, 0.4) is 0 Å². The van der Waals surface area contributed by atoms with Crippen LogP contribution < -0.4 is 10.2 Å². The molecule has 2 saturated heterocycles. The minimum atomic E-state index is -3.97. The summed E-state index contributed by atoms with van der Waals surface area (Å²) < 4.78 is 62.9. The Labute approximate surface area is 199 Å². The van der Waals surface area contributed by atoms with Crippen molar-refractivity contribution < 1.29 is 22.0 Å². The van der Waals surface area contributed by atoms with Crippen LogP contribution in [0, 0.1) is 5.92 Å². The number of aryl methyl sites for hydroxylation is 1. The maximum atomic E-state index is 13.2. The van der Waals surface area contributed by atoms with Crippen molar-refractivity contribution >= 4 is 28.8 Å². The SMILES string of the molecule is FC(F)(F)C1CCNCC1.FC1(F)CN(c2cc(-c3ccc(Cl)s3)c3c(n2)CCCCC3)C1. The molecule has 0 amide bonds. The second kappa shape index (κ2) is 10.0. The Morgan fingerprint density at radius 1 is 1.06 bits per heavy atom. The maximum absolute atomic E-state index is 13.2. The molecule has 4 heterocycles. The molecule has 0 saturated carbocycles. The number of piperidine rings is 1. The topological polar surface area (TPSA) is 28.2 Å². The van der Waals surface area contributed by atoms with E-state index < -0.39 is 18.0 Å². The highest BCUT2D eigenvalue weighted by Crippen LogP contribution is 2.40. The molecule has 0 unspecified atom stereocenters. The van der Waals surface area contributed by atoms with Crippen LogP contribution >= 0.6 is 22.9 Å². The lowest BCUT2D eigenvalue weighted by Crippen LogP contribution is -2.56. The minimum Gasteiger partial charge on any atom is -0.344 e. The molecule has 3 aliphatic rings. The Hall–Kier alpha value is -1.45. The van der Waals surface area contributed by atoms with Crippen LogP contribution in [0.1, 0.15) is 43.4 Å². The molecule has 1 aliphatic carbocycles. The van der Waals surface area contributed by atoms with E-state index in [-0.39, 0.29) is 25.9 Å². The van der Waals surface area contributed by atoms with E-state index in [1.54, 1.807) is 4.90 Å². The van der Waals surface area contributed by atoms with Crippen molar-refractivity contribution in [2.24, 2.45) is 5.92 Å². The fraction of sp³-hybridized carbons (Fsp3) is 0.609. The van der Waals surface area contributed by atoms with Gasteiger partial charge in [0.25, 0.3) is 5.92 Å². The third kappa shape index (κ3) is 6.17. The summed E-state index contributed by atoms with van der Waals surface area (Å²) >= 11 is 7.63. The van der Waals surface area contributed by atoms with Gasteiger partial charge in [0, 0.05) is 16.1 Å². The van der Waals surface area contributed by atoms with Gasteiger partial charge in [0.2, 0.25) is 0 Å². The molecule has 1 N–H and O–H groups in total.